The summed E-state index contributed by atoms with van der Waals surface area (Å²) in [5.41, 5.74) is 6.56. The van der Waals surface area contributed by atoms with E-state index in [0.717, 1.165) is 82.1 Å². The lowest BCUT2D eigenvalue weighted by Crippen LogP contribution is -2.33. The summed E-state index contributed by atoms with van der Waals surface area (Å²) >= 11 is 0. The maximum absolute atomic E-state index is 12.4. The van der Waals surface area contributed by atoms with Crippen LogP contribution in [0.1, 0.15) is 62.3 Å². The number of esters is 1. The van der Waals surface area contributed by atoms with Crippen molar-refractivity contribution in [1.82, 2.24) is 0 Å². The molecule has 1 heterocycles. The van der Waals surface area contributed by atoms with Gasteiger partial charge in [-0.1, -0.05) is 87.0 Å². The zero-order chi connectivity index (χ0) is 31.4. The van der Waals surface area contributed by atoms with Crippen molar-refractivity contribution < 1.29 is 28.5 Å². The number of benzene rings is 4. The zero-order valence-corrected chi connectivity index (χ0v) is 26.7. The molecule has 0 N–H and O–H groups in total. The van der Waals surface area contributed by atoms with Gasteiger partial charge in [0.25, 0.3) is 0 Å². The van der Waals surface area contributed by atoms with Crippen molar-refractivity contribution in [3.05, 3.63) is 107 Å². The lowest BCUT2D eigenvalue weighted by Gasteiger charge is -2.27. The minimum atomic E-state index is -0.570. The fraction of sp³-hybridized carbons (Fsp3) is 0.359. The molecule has 236 valence electrons. The summed E-state index contributed by atoms with van der Waals surface area (Å²) in [6.45, 7) is 7.92. The molecule has 45 heavy (non-hydrogen) atoms. The van der Waals surface area contributed by atoms with Gasteiger partial charge in [0.15, 0.2) is 6.10 Å². The van der Waals surface area contributed by atoms with Crippen LogP contribution in [0.15, 0.2) is 84.9 Å². The predicted octanol–water partition coefficient (Wildman–Crippen LogP) is 8.55. The SMILES string of the molecule is CCCc1c(OCCCOc2cc(OCc3ccccc3)c(-c3ccccc3)cc2CC)ccc2c1OC(C(=O)OCC)CC2. The molecule has 4 aromatic rings. The Hall–Kier alpha value is -4.45. The molecule has 0 saturated carbocycles. The molecule has 1 aliphatic rings. The summed E-state index contributed by atoms with van der Waals surface area (Å²) in [7, 11) is 0. The average Bonchev–Trinajstić information content (AvgIpc) is 3.08. The standard InChI is InChI=1S/C39H44O6/c1-4-14-32-34(21-19-31-20-22-35(45-38(31)32)39(40)41-6-3)42-23-13-24-43-36-26-37(44-27-28-15-9-7-10-16-28)33(25-29(36)5-2)30-17-11-8-12-18-30/h7-12,15-19,21,25-26,35H,4-6,13-14,20,22-24,27H2,1-3H3. The minimum absolute atomic E-state index is 0.300. The minimum Gasteiger partial charge on any atom is -0.493 e. The first-order valence-electron chi connectivity index (χ1n) is 16.2. The van der Waals surface area contributed by atoms with Crippen LogP contribution in [0, 0.1) is 0 Å². The van der Waals surface area contributed by atoms with E-state index in [0.29, 0.717) is 39.3 Å². The normalized spacial score (nSPS) is 13.8. The number of hydrogen-bond donors (Lipinski definition) is 0. The molecule has 0 radical (unpaired) electrons. The third kappa shape index (κ3) is 8.18. The molecule has 0 aromatic heterocycles. The molecule has 1 atom stereocenters. The molecule has 6 nitrogen and oxygen atoms in total. The van der Waals surface area contributed by atoms with Crippen LogP contribution in [0.3, 0.4) is 0 Å². The highest BCUT2D eigenvalue weighted by atomic mass is 16.6. The van der Waals surface area contributed by atoms with E-state index < -0.39 is 6.10 Å². The summed E-state index contributed by atoms with van der Waals surface area (Å²) in [4.78, 5) is 12.4. The van der Waals surface area contributed by atoms with Gasteiger partial charge in [0.2, 0.25) is 0 Å². The fourth-order valence-corrected chi connectivity index (χ4v) is 5.65. The molecule has 0 spiro atoms. The zero-order valence-electron chi connectivity index (χ0n) is 26.7. The van der Waals surface area contributed by atoms with Gasteiger partial charge in [0.1, 0.15) is 29.6 Å². The maximum atomic E-state index is 12.4. The van der Waals surface area contributed by atoms with Gasteiger partial charge in [-0.15, -0.1) is 0 Å². The van der Waals surface area contributed by atoms with Crippen LogP contribution in [-0.4, -0.2) is 31.9 Å². The van der Waals surface area contributed by atoms with E-state index in [1.807, 2.05) is 55.5 Å². The van der Waals surface area contributed by atoms with E-state index in [9.17, 15) is 4.79 Å². The predicted molar refractivity (Wildman–Crippen MR) is 177 cm³/mol. The van der Waals surface area contributed by atoms with E-state index in [2.05, 4.69) is 50.2 Å². The number of rotatable bonds is 15. The van der Waals surface area contributed by atoms with E-state index >= 15 is 0 Å². The molecule has 1 aliphatic heterocycles. The second kappa shape index (κ2) is 16.0. The fourth-order valence-electron chi connectivity index (χ4n) is 5.65. The van der Waals surface area contributed by atoms with Crippen LogP contribution in [0.25, 0.3) is 11.1 Å². The number of aryl methyl sites for hydroxylation is 2. The van der Waals surface area contributed by atoms with Crippen molar-refractivity contribution in [2.75, 3.05) is 19.8 Å². The number of hydrogen-bond acceptors (Lipinski definition) is 6. The largest absolute Gasteiger partial charge is 0.493 e. The molecule has 0 saturated heterocycles. The lowest BCUT2D eigenvalue weighted by atomic mass is 9.96. The molecular weight excluding hydrogens is 564 g/mol. The molecule has 1 unspecified atom stereocenters. The molecule has 0 aliphatic carbocycles. The highest BCUT2D eigenvalue weighted by Gasteiger charge is 2.30. The molecule has 0 fully saturated rings. The Morgan fingerprint density at radius 2 is 1.56 bits per heavy atom. The number of carbonyl (C=O) groups is 1. The Morgan fingerprint density at radius 1 is 0.822 bits per heavy atom. The van der Waals surface area contributed by atoms with Crippen molar-refractivity contribution in [3.63, 3.8) is 0 Å². The molecule has 6 heteroatoms. The van der Waals surface area contributed by atoms with Crippen LogP contribution < -0.4 is 18.9 Å². The van der Waals surface area contributed by atoms with Gasteiger partial charge in [-0.2, -0.15) is 0 Å². The van der Waals surface area contributed by atoms with E-state index in [-0.39, 0.29) is 5.97 Å². The Balaban J connectivity index is 1.25. The van der Waals surface area contributed by atoms with E-state index in [4.69, 9.17) is 23.7 Å². The Labute approximate surface area is 267 Å². The van der Waals surface area contributed by atoms with Gasteiger partial charge in [-0.25, -0.2) is 4.79 Å². The molecule has 0 amide bonds. The van der Waals surface area contributed by atoms with Crippen LogP contribution >= 0.6 is 0 Å². The number of ether oxygens (including phenoxy) is 5. The number of carbonyl (C=O) groups excluding carboxylic acids is 1. The highest BCUT2D eigenvalue weighted by Crippen LogP contribution is 2.39. The maximum Gasteiger partial charge on any atom is 0.347 e. The topological polar surface area (TPSA) is 63.2 Å². The number of fused-ring (bicyclic) bond motifs is 1. The quantitative estimate of drug-likeness (QED) is 0.0996. The first-order valence-corrected chi connectivity index (χ1v) is 16.2. The second-order valence-electron chi connectivity index (χ2n) is 11.2. The van der Waals surface area contributed by atoms with E-state index in [1.54, 1.807) is 0 Å². The van der Waals surface area contributed by atoms with Gasteiger partial charge >= 0.3 is 5.97 Å². The van der Waals surface area contributed by atoms with Crippen molar-refractivity contribution in [3.8, 4) is 34.1 Å². The third-order valence-electron chi connectivity index (χ3n) is 7.95. The molecule has 4 aromatic carbocycles. The van der Waals surface area contributed by atoms with Gasteiger partial charge in [-0.05, 0) is 67.0 Å². The summed E-state index contributed by atoms with van der Waals surface area (Å²) < 4.78 is 30.4. The van der Waals surface area contributed by atoms with Crippen LogP contribution in [0.5, 0.6) is 23.0 Å². The second-order valence-corrected chi connectivity index (χ2v) is 11.2. The van der Waals surface area contributed by atoms with Crippen LogP contribution in [0.2, 0.25) is 0 Å². The van der Waals surface area contributed by atoms with Gasteiger partial charge in [0, 0.05) is 23.6 Å². The lowest BCUT2D eigenvalue weighted by molar-refractivity contribution is -0.152. The first-order chi connectivity index (χ1) is 22.1. The summed E-state index contributed by atoms with van der Waals surface area (Å²) in [5.74, 6) is 2.92. The van der Waals surface area contributed by atoms with Crippen molar-refractivity contribution in [1.29, 1.82) is 0 Å². The van der Waals surface area contributed by atoms with Gasteiger partial charge in [0.05, 0.1) is 19.8 Å². The van der Waals surface area contributed by atoms with Gasteiger partial charge in [-0.3, -0.25) is 0 Å². The highest BCUT2D eigenvalue weighted by molar-refractivity contribution is 5.76. The smallest absolute Gasteiger partial charge is 0.347 e. The third-order valence-corrected chi connectivity index (χ3v) is 7.95. The monoisotopic (exact) mass is 608 g/mol. The van der Waals surface area contributed by atoms with Crippen molar-refractivity contribution >= 4 is 5.97 Å². The van der Waals surface area contributed by atoms with Crippen molar-refractivity contribution in [2.45, 2.75) is 72.0 Å². The average molecular weight is 609 g/mol. The summed E-state index contributed by atoms with van der Waals surface area (Å²) in [6, 6.07) is 28.8. The van der Waals surface area contributed by atoms with Crippen molar-refractivity contribution in [2.24, 2.45) is 0 Å². The molecule has 5 rings (SSSR count). The van der Waals surface area contributed by atoms with E-state index in [1.165, 1.54) is 0 Å². The van der Waals surface area contributed by atoms with Gasteiger partial charge < -0.3 is 23.7 Å². The Morgan fingerprint density at radius 3 is 2.27 bits per heavy atom. The Bertz CT molecular complexity index is 1530. The van der Waals surface area contributed by atoms with Crippen LogP contribution in [0.4, 0.5) is 0 Å². The summed E-state index contributed by atoms with van der Waals surface area (Å²) in [5, 5.41) is 0. The Kier molecular flexibility index (Phi) is 11.4. The molecular formula is C39H44O6. The molecule has 0 bridgehead atoms. The first kappa shape index (κ1) is 32.0. The summed E-state index contributed by atoms with van der Waals surface area (Å²) in [6.07, 6.45) is 4.13. The van der Waals surface area contributed by atoms with Crippen LogP contribution in [-0.2, 0) is 35.4 Å².